The molecule has 0 bridgehead atoms. The molecule has 0 amide bonds. The van der Waals surface area contributed by atoms with Crippen molar-refractivity contribution in [2.45, 2.75) is 0 Å². The van der Waals surface area contributed by atoms with Crippen LogP contribution >= 0.6 is 30.1 Å². The average Bonchev–Trinajstić information content (AvgIpc) is 2.76. The zero-order valence-corrected chi connectivity index (χ0v) is 10.9. The van der Waals surface area contributed by atoms with E-state index in [1.807, 2.05) is 0 Å². The van der Waals surface area contributed by atoms with Crippen molar-refractivity contribution in [2.24, 2.45) is 0 Å². The van der Waals surface area contributed by atoms with Gasteiger partial charge in [-0.25, -0.2) is 9.67 Å². The summed E-state index contributed by atoms with van der Waals surface area (Å²) < 4.78 is 14.2. The Morgan fingerprint density at radius 1 is 1.38 bits per heavy atom. The topological polar surface area (TPSA) is 30.7 Å². The van der Waals surface area contributed by atoms with Gasteiger partial charge >= 0.3 is 0 Å². The monoisotopic (exact) mass is 345 g/mol. The first-order chi connectivity index (χ1) is 7.79. The van der Waals surface area contributed by atoms with Crippen LogP contribution in [0.5, 0.6) is 0 Å². The third kappa shape index (κ3) is 2.74. The lowest BCUT2D eigenvalue weighted by molar-refractivity contribution is 0.582. The van der Waals surface area contributed by atoms with Crippen LogP contribution in [0, 0.1) is 17.1 Å². The Hall–Kier alpha value is -1.07. The molecule has 0 aliphatic heterocycles. The minimum atomic E-state index is -0.503. The van der Waals surface area contributed by atoms with Crippen molar-refractivity contribution in [3.05, 3.63) is 42.2 Å². The largest absolute Gasteiger partial charge is 0.238 e. The summed E-state index contributed by atoms with van der Waals surface area (Å²) in [6.45, 7) is 0. The fourth-order valence-corrected chi connectivity index (χ4v) is 1.60. The maximum absolute atomic E-state index is 12.6. The molecule has 80 valence electrons. The fourth-order valence-electron chi connectivity index (χ4n) is 1.11. The van der Waals surface area contributed by atoms with Gasteiger partial charge in [-0.3, -0.25) is 0 Å². The molecule has 0 spiro atoms. The van der Waals surface area contributed by atoms with Gasteiger partial charge in [-0.2, -0.15) is 9.49 Å². The molecule has 0 unspecified atom stereocenters. The van der Waals surface area contributed by atoms with Crippen molar-refractivity contribution in [1.82, 2.24) is 14.8 Å². The lowest BCUT2D eigenvalue weighted by Crippen LogP contribution is -1.95. The van der Waals surface area contributed by atoms with E-state index in [0.717, 1.165) is 5.56 Å². The minimum Gasteiger partial charge on any atom is -0.238 e. The smallest absolute Gasteiger partial charge is 0.212 e. The molecule has 0 aliphatic rings. The third-order valence-corrected chi connectivity index (χ3v) is 2.63. The summed E-state index contributed by atoms with van der Waals surface area (Å²) in [5.74, 6) is 2.42. The Morgan fingerprint density at radius 2 is 2.25 bits per heavy atom. The highest BCUT2D eigenvalue weighted by Crippen LogP contribution is 2.09. The lowest BCUT2D eigenvalue weighted by Gasteiger charge is -1.98. The Bertz CT molecular complexity index is 541. The van der Waals surface area contributed by atoms with Crippen molar-refractivity contribution < 1.29 is 4.39 Å². The van der Waals surface area contributed by atoms with E-state index < -0.39 is 5.95 Å². The number of halogens is 2. The lowest BCUT2D eigenvalue weighted by atomic mass is 10.4. The van der Waals surface area contributed by atoms with Gasteiger partial charge in [0.25, 0.3) is 0 Å². The van der Waals surface area contributed by atoms with Crippen molar-refractivity contribution in [3.8, 4) is 16.9 Å². The first-order valence-corrected chi connectivity index (χ1v) is 7.61. The van der Waals surface area contributed by atoms with Crippen LogP contribution in [-0.4, -0.2) is 14.8 Å². The van der Waals surface area contributed by atoms with Crippen LogP contribution in [0.1, 0.15) is 5.56 Å². The van der Waals surface area contributed by atoms with Crippen LogP contribution in [0.4, 0.5) is 4.39 Å². The van der Waals surface area contributed by atoms with Gasteiger partial charge < -0.3 is 0 Å². The third-order valence-electron chi connectivity index (χ3n) is 1.79. The molecule has 0 N–H and O–H groups in total. The van der Waals surface area contributed by atoms with Crippen LogP contribution in [0.2, 0.25) is 0 Å². The molecular formula is C10H5FIN3S. The molecular weight excluding hydrogens is 340 g/mol. The summed E-state index contributed by atoms with van der Waals surface area (Å²) in [7, 11) is 1.41. The van der Waals surface area contributed by atoms with Crippen molar-refractivity contribution >= 4 is 30.1 Å². The highest BCUT2D eigenvalue weighted by molar-refractivity contribution is 14.2. The van der Waals surface area contributed by atoms with Gasteiger partial charge in [-0.15, -0.1) is 0 Å². The van der Waals surface area contributed by atoms with E-state index in [2.05, 4.69) is 42.5 Å². The summed E-state index contributed by atoms with van der Waals surface area (Å²) in [6.07, 6.45) is 4.85. The molecule has 0 fully saturated rings. The summed E-state index contributed by atoms with van der Waals surface area (Å²) in [5.41, 5.74) is 1.52. The first kappa shape index (κ1) is 11.4. The van der Waals surface area contributed by atoms with Gasteiger partial charge in [0.05, 0.1) is 23.6 Å². The van der Waals surface area contributed by atoms with Gasteiger partial charge in [0.2, 0.25) is 5.95 Å². The van der Waals surface area contributed by atoms with Crippen molar-refractivity contribution in [3.63, 3.8) is 0 Å². The molecule has 0 saturated carbocycles. The Morgan fingerprint density at radius 3 is 2.94 bits per heavy atom. The molecule has 2 aromatic rings. The highest BCUT2D eigenvalue weighted by Gasteiger charge is 1.99. The predicted octanol–water partition coefficient (Wildman–Crippen LogP) is 2.80. The van der Waals surface area contributed by atoms with E-state index in [4.69, 9.17) is 0 Å². The molecule has 6 heteroatoms. The number of pyridine rings is 1. The quantitative estimate of drug-likeness (QED) is 0.452. The summed E-state index contributed by atoms with van der Waals surface area (Å²) in [5, 5.41) is 6.97. The predicted molar refractivity (Wildman–Crippen MR) is 69.8 cm³/mol. The zero-order valence-electron chi connectivity index (χ0n) is 7.89. The maximum atomic E-state index is 12.6. The standard InChI is InChI=1S/C10H5FIN3S/c11-10-2-1-9(6-13-10)15-7-8(5-14-15)3-4-16-12/h1-2,5-7H. The second kappa shape index (κ2) is 5.32. The van der Waals surface area contributed by atoms with E-state index in [0.29, 0.717) is 5.69 Å². The van der Waals surface area contributed by atoms with Crippen LogP contribution in [0.25, 0.3) is 5.69 Å². The maximum Gasteiger partial charge on any atom is 0.212 e. The van der Waals surface area contributed by atoms with E-state index in [1.165, 1.54) is 21.2 Å². The Kier molecular flexibility index (Phi) is 3.79. The Labute approximate surface area is 108 Å². The van der Waals surface area contributed by atoms with Gasteiger partial charge in [0.1, 0.15) is 0 Å². The molecule has 0 saturated heterocycles. The van der Waals surface area contributed by atoms with Crippen molar-refractivity contribution in [2.75, 3.05) is 0 Å². The normalized spacial score (nSPS) is 9.62. The van der Waals surface area contributed by atoms with Crippen LogP contribution in [0.15, 0.2) is 30.7 Å². The number of rotatable bonds is 1. The number of hydrogen-bond acceptors (Lipinski definition) is 3. The van der Waals surface area contributed by atoms with Gasteiger partial charge in [-0.1, -0.05) is 5.92 Å². The molecule has 16 heavy (non-hydrogen) atoms. The molecule has 2 heterocycles. The molecule has 0 radical (unpaired) electrons. The first-order valence-electron chi connectivity index (χ1n) is 4.25. The van der Waals surface area contributed by atoms with Crippen LogP contribution in [0.3, 0.4) is 0 Å². The van der Waals surface area contributed by atoms with Gasteiger partial charge in [0, 0.05) is 27.4 Å². The fraction of sp³-hybridized carbons (Fsp3) is 0. The molecule has 2 rings (SSSR count). The second-order valence-corrected chi connectivity index (χ2v) is 4.50. The second-order valence-electron chi connectivity index (χ2n) is 2.82. The molecule has 3 nitrogen and oxygen atoms in total. The van der Waals surface area contributed by atoms with Gasteiger partial charge in [0.15, 0.2) is 0 Å². The number of nitrogens with zero attached hydrogens (tertiary/aromatic N) is 3. The van der Waals surface area contributed by atoms with Crippen LogP contribution < -0.4 is 0 Å². The van der Waals surface area contributed by atoms with Crippen molar-refractivity contribution in [1.29, 1.82) is 0 Å². The summed E-state index contributed by atoms with van der Waals surface area (Å²) in [6, 6.07) is 2.91. The average molecular weight is 345 g/mol. The highest BCUT2D eigenvalue weighted by atomic mass is 127. The number of hydrogen-bond donors (Lipinski definition) is 0. The van der Waals surface area contributed by atoms with E-state index in [-0.39, 0.29) is 0 Å². The summed E-state index contributed by atoms with van der Waals surface area (Å²) >= 11 is 2.10. The molecule has 0 aliphatic carbocycles. The number of aromatic nitrogens is 3. The van der Waals surface area contributed by atoms with Gasteiger partial charge in [-0.05, 0) is 26.3 Å². The Balaban J connectivity index is 2.28. The van der Waals surface area contributed by atoms with E-state index in [9.17, 15) is 4.39 Å². The van der Waals surface area contributed by atoms with E-state index >= 15 is 0 Å². The molecule has 0 atom stereocenters. The zero-order chi connectivity index (χ0) is 11.4. The summed E-state index contributed by atoms with van der Waals surface area (Å²) in [4.78, 5) is 3.56. The van der Waals surface area contributed by atoms with E-state index in [1.54, 1.807) is 23.1 Å². The molecule has 0 aromatic carbocycles. The minimum absolute atomic E-state index is 0.503. The van der Waals surface area contributed by atoms with Crippen LogP contribution in [-0.2, 0) is 0 Å². The SMILES string of the molecule is Fc1ccc(-n2cc(C#CSI)cn2)cn1. The molecule has 2 aromatic heterocycles.